The number of halogens is 1. The van der Waals surface area contributed by atoms with Crippen LogP contribution in [0.2, 0.25) is 0 Å². The van der Waals surface area contributed by atoms with Gasteiger partial charge in [0, 0.05) is 32.1 Å². The van der Waals surface area contributed by atoms with Crippen LogP contribution in [0.15, 0.2) is 5.38 Å². The molecule has 7 heteroatoms. The normalized spacial score (nSPS) is 16.1. The summed E-state index contributed by atoms with van der Waals surface area (Å²) in [6.07, 6.45) is 0.0283. The van der Waals surface area contributed by atoms with Crippen molar-refractivity contribution in [2.24, 2.45) is 5.92 Å². The number of nitrogens with zero attached hydrogens (tertiary/aromatic N) is 2. The zero-order valence-corrected chi connectivity index (χ0v) is 13.7. The monoisotopic (exact) mass is 319 g/mol. The first-order chi connectivity index (χ1) is 9.11. The van der Waals surface area contributed by atoms with Crippen LogP contribution in [0.3, 0.4) is 0 Å². The highest BCUT2D eigenvalue weighted by atomic mass is 35.5. The molecular formula is C13H22ClN3O2S. The van der Waals surface area contributed by atoms with E-state index in [9.17, 15) is 4.79 Å². The summed E-state index contributed by atoms with van der Waals surface area (Å²) in [6.45, 7) is 6.83. The van der Waals surface area contributed by atoms with Gasteiger partial charge in [0.1, 0.15) is 11.1 Å². The predicted molar refractivity (Wildman–Crippen MR) is 82.2 cm³/mol. The Morgan fingerprint density at radius 3 is 2.90 bits per heavy atom. The fraction of sp³-hybridized carbons (Fsp3) is 0.692. The van der Waals surface area contributed by atoms with Crippen LogP contribution in [-0.2, 0) is 16.1 Å². The van der Waals surface area contributed by atoms with E-state index >= 15 is 0 Å². The van der Waals surface area contributed by atoms with Crippen LogP contribution in [0.25, 0.3) is 0 Å². The van der Waals surface area contributed by atoms with Gasteiger partial charge >= 0.3 is 0 Å². The second-order valence-electron chi connectivity index (χ2n) is 4.82. The fourth-order valence-electron chi connectivity index (χ4n) is 2.00. The molecule has 1 aromatic heterocycles. The predicted octanol–water partition coefficient (Wildman–Crippen LogP) is 1.84. The standard InChI is InChI=1S/C13H21N3O2S.ClH/c1-4-18-9(2)12-15-11(8-19-12)7-16(3)13(17)10-5-14-6-10;/h8-10,14H,4-7H2,1-3H3;1H. The molecule has 1 aliphatic heterocycles. The molecule has 5 nitrogen and oxygen atoms in total. The summed E-state index contributed by atoms with van der Waals surface area (Å²) in [7, 11) is 1.84. The second kappa shape index (κ2) is 7.93. The Morgan fingerprint density at radius 1 is 1.65 bits per heavy atom. The summed E-state index contributed by atoms with van der Waals surface area (Å²) < 4.78 is 5.52. The molecule has 0 spiro atoms. The topological polar surface area (TPSA) is 54.5 Å². The average Bonchev–Trinajstić information content (AvgIpc) is 2.75. The fourth-order valence-corrected chi connectivity index (χ4v) is 2.81. The van der Waals surface area contributed by atoms with Crippen molar-refractivity contribution >= 4 is 29.7 Å². The number of nitrogens with one attached hydrogen (secondary N) is 1. The molecule has 0 bridgehead atoms. The molecular weight excluding hydrogens is 298 g/mol. The smallest absolute Gasteiger partial charge is 0.228 e. The Hall–Kier alpha value is -0.690. The molecule has 2 rings (SSSR count). The number of ether oxygens (including phenoxy) is 1. The Labute approximate surface area is 130 Å². The highest BCUT2D eigenvalue weighted by molar-refractivity contribution is 7.09. The van der Waals surface area contributed by atoms with Crippen LogP contribution in [0.5, 0.6) is 0 Å². The molecule has 0 aliphatic carbocycles. The number of hydrogen-bond acceptors (Lipinski definition) is 5. The molecule has 1 aromatic rings. The molecule has 1 fully saturated rings. The number of thiazole rings is 1. The van der Waals surface area contributed by atoms with Gasteiger partial charge in [-0.1, -0.05) is 0 Å². The second-order valence-corrected chi connectivity index (χ2v) is 5.71. The molecule has 1 amide bonds. The van der Waals surface area contributed by atoms with Crippen LogP contribution < -0.4 is 5.32 Å². The largest absolute Gasteiger partial charge is 0.372 e. The van der Waals surface area contributed by atoms with Gasteiger partial charge in [-0.3, -0.25) is 4.79 Å². The van der Waals surface area contributed by atoms with Crippen molar-refractivity contribution in [3.05, 3.63) is 16.1 Å². The van der Waals surface area contributed by atoms with Gasteiger partial charge in [-0.05, 0) is 13.8 Å². The number of carbonyl (C=O) groups excluding carboxylic acids is 1. The summed E-state index contributed by atoms with van der Waals surface area (Å²) in [6, 6.07) is 0. The molecule has 1 aliphatic rings. The highest BCUT2D eigenvalue weighted by Gasteiger charge is 2.27. The molecule has 0 radical (unpaired) electrons. The van der Waals surface area contributed by atoms with Gasteiger partial charge in [0.25, 0.3) is 0 Å². The lowest BCUT2D eigenvalue weighted by Crippen LogP contribution is -2.51. The summed E-state index contributed by atoms with van der Waals surface area (Å²) in [5.41, 5.74) is 0.940. The van der Waals surface area contributed by atoms with E-state index in [2.05, 4.69) is 10.3 Å². The van der Waals surface area contributed by atoms with Gasteiger partial charge in [-0.2, -0.15) is 0 Å². The Morgan fingerprint density at radius 2 is 2.35 bits per heavy atom. The first-order valence-corrected chi connectivity index (χ1v) is 7.51. The van der Waals surface area contributed by atoms with E-state index in [0.29, 0.717) is 13.2 Å². The molecule has 1 saturated heterocycles. The SMILES string of the molecule is CCOC(C)c1nc(CN(C)C(=O)C2CNC2)cs1.Cl. The van der Waals surface area contributed by atoms with Gasteiger partial charge in [0.2, 0.25) is 5.91 Å². The van der Waals surface area contributed by atoms with E-state index in [1.165, 1.54) is 0 Å². The summed E-state index contributed by atoms with van der Waals surface area (Å²) in [4.78, 5) is 18.3. The number of hydrogen-bond donors (Lipinski definition) is 1. The maximum absolute atomic E-state index is 12.0. The maximum Gasteiger partial charge on any atom is 0.228 e. The Bertz CT molecular complexity index is 437. The summed E-state index contributed by atoms with van der Waals surface area (Å²) in [5.74, 6) is 0.344. The van der Waals surface area contributed by atoms with Crippen molar-refractivity contribution in [2.45, 2.75) is 26.5 Å². The molecule has 2 heterocycles. The van der Waals surface area contributed by atoms with Crippen LogP contribution in [-0.4, -0.2) is 42.5 Å². The Kier molecular flexibility index (Phi) is 6.88. The van der Waals surface area contributed by atoms with Gasteiger partial charge in [-0.15, -0.1) is 23.7 Å². The van der Waals surface area contributed by atoms with E-state index in [-0.39, 0.29) is 30.3 Å². The number of rotatable bonds is 6. The van der Waals surface area contributed by atoms with Crippen molar-refractivity contribution in [2.75, 3.05) is 26.7 Å². The average molecular weight is 320 g/mol. The zero-order valence-electron chi connectivity index (χ0n) is 12.1. The maximum atomic E-state index is 12.0. The lowest BCUT2D eigenvalue weighted by molar-refractivity contribution is -0.136. The van der Waals surface area contributed by atoms with Crippen molar-refractivity contribution in [1.82, 2.24) is 15.2 Å². The third-order valence-electron chi connectivity index (χ3n) is 3.24. The van der Waals surface area contributed by atoms with Crippen LogP contribution in [0.1, 0.15) is 30.7 Å². The number of carbonyl (C=O) groups is 1. The molecule has 0 aromatic carbocycles. The summed E-state index contributed by atoms with van der Waals surface area (Å²) >= 11 is 1.59. The first-order valence-electron chi connectivity index (χ1n) is 6.63. The molecule has 0 saturated carbocycles. The lowest BCUT2D eigenvalue weighted by Gasteiger charge is -2.29. The van der Waals surface area contributed by atoms with E-state index in [1.54, 1.807) is 16.2 Å². The molecule has 114 valence electrons. The molecule has 1 N–H and O–H groups in total. The lowest BCUT2D eigenvalue weighted by atomic mass is 10.0. The third kappa shape index (κ3) is 4.15. The van der Waals surface area contributed by atoms with E-state index in [0.717, 1.165) is 23.8 Å². The van der Waals surface area contributed by atoms with Crippen LogP contribution in [0, 0.1) is 5.92 Å². The minimum absolute atomic E-state index is 0. The van der Waals surface area contributed by atoms with Crippen molar-refractivity contribution < 1.29 is 9.53 Å². The molecule has 1 unspecified atom stereocenters. The van der Waals surface area contributed by atoms with Gasteiger partial charge < -0.3 is 15.0 Å². The first kappa shape index (κ1) is 17.4. The molecule has 1 atom stereocenters. The van der Waals surface area contributed by atoms with Crippen molar-refractivity contribution in [3.63, 3.8) is 0 Å². The highest BCUT2D eigenvalue weighted by Crippen LogP contribution is 2.22. The number of aromatic nitrogens is 1. The molecule has 20 heavy (non-hydrogen) atoms. The number of amides is 1. The van der Waals surface area contributed by atoms with E-state index in [1.807, 2.05) is 26.3 Å². The van der Waals surface area contributed by atoms with Gasteiger partial charge in [0.05, 0.1) is 18.2 Å². The van der Waals surface area contributed by atoms with Crippen LogP contribution in [0.4, 0.5) is 0 Å². The van der Waals surface area contributed by atoms with E-state index in [4.69, 9.17) is 4.74 Å². The minimum atomic E-state index is 0. The minimum Gasteiger partial charge on any atom is -0.372 e. The Balaban J connectivity index is 0.00000200. The van der Waals surface area contributed by atoms with Gasteiger partial charge in [-0.25, -0.2) is 4.98 Å². The van der Waals surface area contributed by atoms with Crippen molar-refractivity contribution in [1.29, 1.82) is 0 Å². The zero-order chi connectivity index (χ0) is 13.8. The van der Waals surface area contributed by atoms with Gasteiger partial charge in [0.15, 0.2) is 0 Å². The summed E-state index contributed by atoms with van der Waals surface area (Å²) in [5, 5.41) is 6.10. The third-order valence-corrected chi connectivity index (χ3v) is 4.29. The van der Waals surface area contributed by atoms with Crippen LogP contribution >= 0.6 is 23.7 Å². The van der Waals surface area contributed by atoms with E-state index < -0.39 is 0 Å². The quantitative estimate of drug-likeness (QED) is 0.869. The van der Waals surface area contributed by atoms with Crippen molar-refractivity contribution in [3.8, 4) is 0 Å².